The van der Waals surface area contributed by atoms with Gasteiger partial charge in [-0.1, -0.05) is 40.5 Å². The molecule has 1 heteroatoms. The van der Waals surface area contributed by atoms with E-state index in [4.69, 9.17) is 0 Å². The highest BCUT2D eigenvalue weighted by atomic mass is 32.1. The average Bonchev–Trinajstić information content (AvgIpc) is 2.13. The van der Waals surface area contributed by atoms with Crippen LogP contribution in [0.5, 0.6) is 0 Å². The smallest absolute Gasteiger partial charge is 0.0139 e. The Morgan fingerprint density at radius 2 is 1.92 bits per heavy atom. The Bertz CT molecular complexity index is 187. The van der Waals surface area contributed by atoms with Gasteiger partial charge in [-0.3, -0.25) is 0 Å². The molecule has 0 aliphatic rings. The number of rotatable bonds is 5. The third-order valence-corrected chi connectivity index (χ3v) is 3.88. The van der Waals surface area contributed by atoms with E-state index in [9.17, 15) is 0 Å². The van der Waals surface area contributed by atoms with Gasteiger partial charge in [0.2, 0.25) is 0 Å². The van der Waals surface area contributed by atoms with Crippen LogP contribution in [0.3, 0.4) is 0 Å². The molecule has 0 amide bonds. The fourth-order valence-electron chi connectivity index (χ4n) is 1.16. The van der Waals surface area contributed by atoms with Crippen LogP contribution in [0, 0.1) is 11.8 Å². The van der Waals surface area contributed by atoms with E-state index in [1.807, 2.05) is 10.9 Å². The molecule has 13 heavy (non-hydrogen) atoms. The van der Waals surface area contributed by atoms with Crippen molar-refractivity contribution in [3.05, 3.63) is 0 Å². The maximum Gasteiger partial charge on any atom is -0.0139 e. The lowest BCUT2D eigenvalue weighted by Gasteiger charge is -2.13. The van der Waals surface area contributed by atoms with Gasteiger partial charge in [0.05, 0.1) is 0 Å². The third-order valence-electron chi connectivity index (χ3n) is 2.62. The van der Waals surface area contributed by atoms with E-state index in [1.165, 1.54) is 24.1 Å². The van der Waals surface area contributed by atoms with Crippen LogP contribution >= 0.6 is 10.9 Å². The summed E-state index contributed by atoms with van der Waals surface area (Å²) in [5.41, 5.74) is 0. The Morgan fingerprint density at radius 3 is 2.38 bits per heavy atom. The molecule has 0 heterocycles. The third kappa shape index (κ3) is 6.09. The molecule has 0 aromatic carbocycles. The van der Waals surface area contributed by atoms with E-state index in [-0.39, 0.29) is 0 Å². The summed E-state index contributed by atoms with van der Waals surface area (Å²) in [5.74, 6) is 1.58. The first-order valence-electron chi connectivity index (χ1n) is 5.44. The summed E-state index contributed by atoms with van der Waals surface area (Å²) >= 11 is 0. The van der Waals surface area contributed by atoms with Crippen molar-refractivity contribution in [3.8, 4) is 0 Å². The molecule has 2 unspecified atom stereocenters. The summed E-state index contributed by atoms with van der Waals surface area (Å²) in [5, 5.41) is 2.40. The first-order chi connectivity index (χ1) is 6.11. The monoisotopic (exact) mass is 200 g/mol. The van der Waals surface area contributed by atoms with Crippen LogP contribution in [0.25, 0.3) is 0 Å². The van der Waals surface area contributed by atoms with E-state index < -0.39 is 0 Å². The predicted molar refractivity (Wildman–Crippen MR) is 67.9 cm³/mol. The van der Waals surface area contributed by atoms with Gasteiger partial charge in [-0.2, -0.15) is 10.9 Å². The summed E-state index contributed by atoms with van der Waals surface area (Å²) < 4.78 is 0. The summed E-state index contributed by atoms with van der Waals surface area (Å²) in [7, 11) is 1.93. The molecule has 78 valence electrons. The second-order valence-electron chi connectivity index (χ2n) is 3.93. The first-order valence-corrected chi connectivity index (χ1v) is 6.32. The van der Waals surface area contributed by atoms with Crippen molar-refractivity contribution in [2.24, 2.45) is 11.8 Å². The molecule has 0 rings (SSSR count). The minimum atomic E-state index is 0.742. The number of hydrogen-bond donors (Lipinski definition) is 0. The highest BCUT2D eigenvalue weighted by Gasteiger charge is 2.06. The maximum absolute atomic E-state index is 2.40. The van der Waals surface area contributed by atoms with Gasteiger partial charge < -0.3 is 0 Å². The molecule has 0 spiro atoms. The highest BCUT2D eigenvalue weighted by Crippen LogP contribution is 2.15. The SMILES string of the molecule is CCCC(C)C(C)C=S=C(C)CC. The topological polar surface area (TPSA) is 0 Å². The van der Waals surface area contributed by atoms with Gasteiger partial charge >= 0.3 is 0 Å². The lowest BCUT2D eigenvalue weighted by molar-refractivity contribution is 0.452. The lowest BCUT2D eigenvalue weighted by Crippen LogP contribution is -2.07. The summed E-state index contributed by atoms with van der Waals surface area (Å²) in [6, 6.07) is 0. The average molecular weight is 200 g/mol. The van der Waals surface area contributed by atoms with Gasteiger partial charge in [-0.15, -0.1) is 0 Å². The van der Waals surface area contributed by atoms with E-state index in [0.717, 1.165) is 11.8 Å². The van der Waals surface area contributed by atoms with Crippen molar-refractivity contribution >= 4 is 21.2 Å². The molecule has 0 nitrogen and oxygen atoms in total. The minimum absolute atomic E-state index is 0.742. The maximum atomic E-state index is 2.40. The fourth-order valence-corrected chi connectivity index (χ4v) is 2.04. The molecule has 0 N–H and O–H groups in total. The van der Waals surface area contributed by atoms with Crippen LogP contribution in [0.1, 0.15) is 53.9 Å². The van der Waals surface area contributed by atoms with Crippen molar-refractivity contribution < 1.29 is 0 Å². The first kappa shape index (κ1) is 13.0. The molecule has 0 bridgehead atoms. The van der Waals surface area contributed by atoms with Gasteiger partial charge in [0, 0.05) is 0 Å². The molecular weight excluding hydrogens is 176 g/mol. The molecule has 0 aliphatic carbocycles. The van der Waals surface area contributed by atoms with Crippen LogP contribution in [-0.4, -0.2) is 10.2 Å². The van der Waals surface area contributed by atoms with Gasteiger partial charge in [-0.05, 0) is 35.4 Å². The second-order valence-corrected chi connectivity index (χ2v) is 5.14. The van der Waals surface area contributed by atoms with Crippen LogP contribution in [0.4, 0.5) is 0 Å². The molecule has 0 aromatic rings. The fraction of sp³-hybridized carbons (Fsp3) is 0.833. The van der Waals surface area contributed by atoms with E-state index in [2.05, 4.69) is 40.0 Å². The molecule has 2 atom stereocenters. The molecule has 0 aliphatic heterocycles. The van der Waals surface area contributed by atoms with Gasteiger partial charge in [-0.25, -0.2) is 0 Å². The zero-order chi connectivity index (χ0) is 10.3. The van der Waals surface area contributed by atoms with Crippen molar-refractivity contribution in [2.45, 2.75) is 53.9 Å². The Labute approximate surface area is 87.3 Å². The number of hydrogen-bond acceptors (Lipinski definition) is 0. The van der Waals surface area contributed by atoms with Crippen LogP contribution in [0.2, 0.25) is 0 Å². The van der Waals surface area contributed by atoms with Crippen molar-refractivity contribution in [1.29, 1.82) is 0 Å². The molecular formula is C12H24S. The normalized spacial score (nSPS) is 14.8. The largest absolute Gasteiger partial charge is 0.158 e. The predicted octanol–water partition coefficient (Wildman–Crippen LogP) is 4.20. The molecule has 0 fully saturated rings. The second kappa shape index (κ2) is 7.37. The Balaban J connectivity index is 4.12. The van der Waals surface area contributed by atoms with Gasteiger partial charge in [0.25, 0.3) is 0 Å². The summed E-state index contributed by atoms with van der Waals surface area (Å²) in [4.78, 5) is 1.52. The molecule has 0 aromatic heterocycles. The van der Waals surface area contributed by atoms with E-state index in [0.29, 0.717) is 0 Å². The van der Waals surface area contributed by atoms with Crippen molar-refractivity contribution in [2.75, 3.05) is 0 Å². The Morgan fingerprint density at radius 1 is 1.31 bits per heavy atom. The highest BCUT2D eigenvalue weighted by molar-refractivity contribution is 7.97. The van der Waals surface area contributed by atoms with E-state index in [1.54, 1.807) is 0 Å². The van der Waals surface area contributed by atoms with Crippen LogP contribution in [-0.2, 0) is 0 Å². The van der Waals surface area contributed by atoms with Crippen LogP contribution < -0.4 is 0 Å². The lowest BCUT2D eigenvalue weighted by atomic mass is 9.94. The molecule has 0 saturated carbocycles. The molecule has 0 saturated heterocycles. The molecule has 0 radical (unpaired) electrons. The summed E-state index contributed by atoms with van der Waals surface area (Å²) in [6.45, 7) is 11.4. The zero-order valence-electron chi connectivity index (χ0n) is 9.76. The Hall–Kier alpha value is -0.0400. The summed E-state index contributed by atoms with van der Waals surface area (Å²) in [6.07, 6.45) is 3.85. The van der Waals surface area contributed by atoms with Gasteiger partial charge in [0.1, 0.15) is 0 Å². The minimum Gasteiger partial charge on any atom is -0.158 e. The van der Waals surface area contributed by atoms with E-state index >= 15 is 0 Å². The zero-order valence-corrected chi connectivity index (χ0v) is 10.6. The quantitative estimate of drug-likeness (QED) is 0.584. The van der Waals surface area contributed by atoms with Crippen LogP contribution in [0.15, 0.2) is 0 Å². The van der Waals surface area contributed by atoms with Crippen molar-refractivity contribution in [1.82, 2.24) is 0 Å². The Kier molecular flexibility index (Phi) is 7.35. The standard InChI is InChI=1S/C12H24S/c1-6-8-10(3)11(4)9-13-12(5)7-2/h9-11H,6-8H2,1-5H3. The van der Waals surface area contributed by atoms with Gasteiger partial charge in [0.15, 0.2) is 0 Å². The van der Waals surface area contributed by atoms with Crippen molar-refractivity contribution in [3.63, 3.8) is 0 Å².